The number of halogens is 2. The first-order chi connectivity index (χ1) is 11.4. The lowest BCUT2D eigenvalue weighted by Crippen LogP contribution is -2.10. The molecule has 0 radical (unpaired) electrons. The topological polar surface area (TPSA) is 78.7 Å². The summed E-state index contributed by atoms with van der Waals surface area (Å²) in [5.74, 6) is -0.248. The maximum absolute atomic E-state index is 12.3. The summed E-state index contributed by atoms with van der Waals surface area (Å²) in [6.07, 6.45) is 2.10. The van der Waals surface area contributed by atoms with E-state index in [9.17, 15) is 14.9 Å². The van der Waals surface area contributed by atoms with Crippen LogP contribution in [0.15, 0.2) is 47.1 Å². The summed E-state index contributed by atoms with van der Waals surface area (Å²) in [6.45, 7) is 0. The fraction of sp³-hybridized carbons (Fsp3) is 0.0625. The molecule has 2 aromatic carbocycles. The lowest BCUT2D eigenvalue weighted by molar-refractivity contribution is -0.400. The van der Waals surface area contributed by atoms with Crippen molar-refractivity contribution < 1.29 is 19.2 Å². The Morgan fingerprint density at radius 2 is 2.04 bits per heavy atom. The molecule has 8 heteroatoms. The Morgan fingerprint density at radius 1 is 1.33 bits per heavy atom. The normalized spacial score (nSPS) is 10.6. The molecular formula is C16H11BrClNO5. The van der Waals surface area contributed by atoms with Gasteiger partial charge in [-0.2, -0.15) is 0 Å². The molecule has 0 heterocycles. The zero-order valence-corrected chi connectivity index (χ0v) is 14.7. The van der Waals surface area contributed by atoms with Crippen molar-refractivity contribution in [2.75, 3.05) is 7.11 Å². The van der Waals surface area contributed by atoms with Gasteiger partial charge in [0.2, 0.25) is 6.20 Å². The molecule has 2 aromatic rings. The Bertz CT molecular complexity index is 822. The van der Waals surface area contributed by atoms with Crippen LogP contribution in [0.2, 0.25) is 5.02 Å². The van der Waals surface area contributed by atoms with Crippen LogP contribution in [0.3, 0.4) is 0 Å². The molecule has 24 heavy (non-hydrogen) atoms. The summed E-state index contributed by atoms with van der Waals surface area (Å²) < 4.78 is 11.0. The third-order valence-corrected chi connectivity index (χ3v) is 3.85. The van der Waals surface area contributed by atoms with E-state index < -0.39 is 10.9 Å². The van der Waals surface area contributed by atoms with Crippen LogP contribution in [0.1, 0.15) is 15.9 Å². The highest BCUT2D eigenvalue weighted by Crippen LogP contribution is 2.37. The minimum atomic E-state index is -0.645. The lowest BCUT2D eigenvalue weighted by Gasteiger charge is -2.12. The van der Waals surface area contributed by atoms with Gasteiger partial charge in [0.25, 0.3) is 0 Å². The number of ether oxygens (including phenoxy) is 2. The quantitative estimate of drug-likeness (QED) is 0.311. The maximum atomic E-state index is 12.3. The first-order valence-electron chi connectivity index (χ1n) is 6.58. The van der Waals surface area contributed by atoms with E-state index in [2.05, 4.69) is 15.9 Å². The summed E-state index contributed by atoms with van der Waals surface area (Å²) in [5, 5.41) is 10.7. The molecule has 0 bridgehead atoms. The first-order valence-corrected chi connectivity index (χ1v) is 7.75. The molecule has 0 saturated carbocycles. The van der Waals surface area contributed by atoms with Crippen molar-refractivity contribution in [3.63, 3.8) is 0 Å². The molecule has 124 valence electrons. The van der Waals surface area contributed by atoms with Crippen LogP contribution in [0, 0.1) is 10.1 Å². The minimum absolute atomic E-state index is 0.153. The van der Waals surface area contributed by atoms with Crippen LogP contribution < -0.4 is 9.47 Å². The standard InChI is InChI=1S/C16H11BrClNO5/c1-23-14-9-10(6-7-19(21)22)8-12(17)15(14)24-16(20)11-4-2-3-5-13(11)18/h2-9H,1H3/b7-6+. The molecule has 0 amide bonds. The second-order valence-corrected chi connectivity index (χ2v) is 5.77. The lowest BCUT2D eigenvalue weighted by atomic mass is 10.2. The van der Waals surface area contributed by atoms with E-state index in [0.717, 1.165) is 6.20 Å². The number of rotatable bonds is 5. The van der Waals surface area contributed by atoms with Gasteiger partial charge in [-0.15, -0.1) is 0 Å². The zero-order chi connectivity index (χ0) is 17.7. The monoisotopic (exact) mass is 411 g/mol. The van der Waals surface area contributed by atoms with Gasteiger partial charge in [-0.05, 0) is 45.8 Å². The predicted octanol–water partition coefficient (Wildman–Crippen LogP) is 4.58. The Labute approximate surface area is 150 Å². The summed E-state index contributed by atoms with van der Waals surface area (Å²) >= 11 is 9.25. The average molecular weight is 413 g/mol. The fourth-order valence-corrected chi connectivity index (χ4v) is 2.61. The third-order valence-electron chi connectivity index (χ3n) is 2.93. The summed E-state index contributed by atoms with van der Waals surface area (Å²) in [5.41, 5.74) is 0.721. The molecule has 0 aromatic heterocycles. The highest BCUT2D eigenvalue weighted by molar-refractivity contribution is 9.10. The molecule has 0 unspecified atom stereocenters. The molecule has 0 spiro atoms. The van der Waals surface area contributed by atoms with Crippen LogP contribution in [-0.4, -0.2) is 18.0 Å². The van der Waals surface area contributed by atoms with Crippen LogP contribution in [0.25, 0.3) is 6.08 Å². The van der Waals surface area contributed by atoms with Gasteiger partial charge in [0.1, 0.15) is 0 Å². The van der Waals surface area contributed by atoms with Gasteiger partial charge in [0.15, 0.2) is 11.5 Å². The smallest absolute Gasteiger partial charge is 0.345 e. The van der Waals surface area contributed by atoms with Crippen molar-refractivity contribution in [1.29, 1.82) is 0 Å². The number of hydrogen-bond donors (Lipinski definition) is 0. The molecule has 0 fully saturated rings. The largest absolute Gasteiger partial charge is 0.493 e. The molecule has 0 N–H and O–H groups in total. The van der Waals surface area contributed by atoms with Gasteiger partial charge in [-0.3, -0.25) is 10.1 Å². The van der Waals surface area contributed by atoms with Gasteiger partial charge in [-0.25, -0.2) is 4.79 Å². The molecule has 0 aliphatic carbocycles. The average Bonchev–Trinajstić information content (AvgIpc) is 2.55. The number of benzene rings is 2. The molecular weight excluding hydrogens is 402 g/mol. The number of methoxy groups -OCH3 is 1. The molecule has 2 rings (SSSR count). The van der Waals surface area contributed by atoms with Crippen molar-refractivity contribution in [3.05, 3.63) is 73.3 Å². The van der Waals surface area contributed by atoms with Crippen LogP contribution in [0.5, 0.6) is 11.5 Å². The van der Waals surface area contributed by atoms with Gasteiger partial charge in [0.05, 0.1) is 27.1 Å². The van der Waals surface area contributed by atoms with Crippen molar-refractivity contribution >= 4 is 39.6 Å². The molecule has 0 aliphatic heterocycles. The Balaban J connectivity index is 2.35. The number of nitrogens with zero attached hydrogens (tertiary/aromatic N) is 1. The SMILES string of the molecule is COc1cc(/C=C/[N+](=O)[O-])cc(Br)c1OC(=O)c1ccccc1Cl. The number of hydrogen-bond acceptors (Lipinski definition) is 5. The maximum Gasteiger partial charge on any atom is 0.345 e. The summed E-state index contributed by atoms with van der Waals surface area (Å²) in [7, 11) is 1.40. The number of carbonyl (C=O) groups excluding carboxylic acids is 1. The van der Waals surface area contributed by atoms with E-state index in [1.54, 1.807) is 30.3 Å². The Hall–Kier alpha value is -2.38. The molecule has 0 atom stereocenters. The predicted molar refractivity (Wildman–Crippen MR) is 93.1 cm³/mol. The molecule has 0 saturated heterocycles. The van der Waals surface area contributed by atoms with Crippen LogP contribution in [0.4, 0.5) is 0 Å². The van der Waals surface area contributed by atoms with E-state index >= 15 is 0 Å². The van der Waals surface area contributed by atoms with Gasteiger partial charge in [-0.1, -0.05) is 23.7 Å². The van der Waals surface area contributed by atoms with E-state index in [1.807, 2.05) is 0 Å². The van der Waals surface area contributed by atoms with E-state index in [4.69, 9.17) is 21.1 Å². The Kier molecular flexibility index (Phi) is 5.94. The second-order valence-electron chi connectivity index (χ2n) is 4.50. The first kappa shape index (κ1) is 18.0. The van der Waals surface area contributed by atoms with Crippen molar-refractivity contribution in [1.82, 2.24) is 0 Å². The summed E-state index contributed by atoms with van der Waals surface area (Å²) in [6, 6.07) is 9.57. The van der Waals surface area contributed by atoms with Crippen LogP contribution >= 0.6 is 27.5 Å². The van der Waals surface area contributed by atoms with E-state index in [1.165, 1.54) is 19.3 Å². The number of esters is 1. The van der Waals surface area contributed by atoms with Crippen molar-refractivity contribution in [3.8, 4) is 11.5 Å². The van der Waals surface area contributed by atoms with Crippen molar-refractivity contribution in [2.45, 2.75) is 0 Å². The highest BCUT2D eigenvalue weighted by Gasteiger charge is 2.18. The zero-order valence-electron chi connectivity index (χ0n) is 12.4. The van der Waals surface area contributed by atoms with Crippen LogP contribution in [-0.2, 0) is 0 Å². The van der Waals surface area contributed by atoms with Crippen molar-refractivity contribution in [2.24, 2.45) is 0 Å². The highest BCUT2D eigenvalue weighted by atomic mass is 79.9. The minimum Gasteiger partial charge on any atom is -0.493 e. The third kappa shape index (κ3) is 4.33. The Morgan fingerprint density at radius 3 is 2.67 bits per heavy atom. The number of nitro groups is 1. The summed E-state index contributed by atoms with van der Waals surface area (Å²) in [4.78, 5) is 22.1. The van der Waals surface area contributed by atoms with Gasteiger partial charge in [0, 0.05) is 6.08 Å². The molecule has 6 nitrogen and oxygen atoms in total. The van der Waals surface area contributed by atoms with Gasteiger partial charge < -0.3 is 9.47 Å². The molecule has 0 aliphatic rings. The van der Waals surface area contributed by atoms with E-state index in [0.29, 0.717) is 10.0 Å². The fourth-order valence-electron chi connectivity index (χ4n) is 1.86. The van der Waals surface area contributed by atoms with Gasteiger partial charge >= 0.3 is 5.97 Å². The second kappa shape index (κ2) is 7.94. The number of carbonyl (C=O) groups is 1. The van der Waals surface area contributed by atoms with E-state index in [-0.39, 0.29) is 22.1 Å².